The molecule has 0 amide bonds. The summed E-state index contributed by atoms with van der Waals surface area (Å²) in [5.41, 5.74) is 0.493. The molecule has 0 bridgehead atoms. The molecule has 0 spiro atoms. The van der Waals surface area contributed by atoms with E-state index in [1.54, 1.807) is 19.1 Å². The van der Waals surface area contributed by atoms with Gasteiger partial charge in [-0.1, -0.05) is 0 Å². The molecule has 0 fully saturated rings. The predicted molar refractivity (Wildman–Crippen MR) is 85.5 cm³/mol. The zero-order chi connectivity index (χ0) is 18.0. The Bertz CT molecular complexity index is 914. The zero-order valence-electron chi connectivity index (χ0n) is 13.8. The topological polar surface area (TPSA) is 114 Å². The van der Waals surface area contributed by atoms with Gasteiger partial charge in [0.25, 0.3) is 11.8 Å². The Kier molecular flexibility index (Phi) is 4.38. The highest BCUT2D eigenvalue weighted by atomic mass is 16.6. The van der Waals surface area contributed by atoms with Gasteiger partial charge in [-0.05, 0) is 32.0 Å². The summed E-state index contributed by atoms with van der Waals surface area (Å²) in [5, 5.41) is 19.0. The second-order valence-corrected chi connectivity index (χ2v) is 5.21. The SMILES string of the molecule is COc1ccc(OCc2nnc(-c3cc(C)oc3C)o2)c([N+](=O)[O-])c1. The van der Waals surface area contributed by atoms with Gasteiger partial charge in [0.05, 0.1) is 23.7 Å². The van der Waals surface area contributed by atoms with Gasteiger partial charge in [0.2, 0.25) is 0 Å². The molecule has 9 heteroatoms. The van der Waals surface area contributed by atoms with Gasteiger partial charge >= 0.3 is 5.69 Å². The number of ether oxygens (including phenoxy) is 2. The van der Waals surface area contributed by atoms with Crippen LogP contribution in [0.1, 0.15) is 17.4 Å². The Morgan fingerprint density at radius 1 is 1.20 bits per heavy atom. The van der Waals surface area contributed by atoms with Crippen molar-refractivity contribution in [3.63, 3.8) is 0 Å². The Hall–Kier alpha value is -3.36. The van der Waals surface area contributed by atoms with Gasteiger partial charge in [-0.15, -0.1) is 10.2 Å². The van der Waals surface area contributed by atoms with E-state index in [0.29, 0.717) is 23.0 Å². The van der Waals surface area contributed by atoms with Gasteiger partial charge in [-0.25, -0.2) is 0 Å². The first-order valence-electron chi connectivity index (χ1n) is 7.33. The lowest BCUT2D eigenvalue weighted by molar-refractivity contribution is -0.386. The molecule has 2 heterocycles. The minimum atomic E-state index is -0.547. The Labute approximate surface area is 142 Å². The van der Waals surface area contributed by atoms with Crippen LogP contribution in [-0.4, -0.2) is 22.2 Å². The van der Waals surface area contributed by atoms with Crippen molar-refractivity contribution in [1.82, 2.24) is 10.2 Å². The molecule has 3 rings (SSSR count). The lowest BCUT2D eigenvalue weighted by Crippen LogP contribution is -2.00. The third-order valence-corrected chi connectivity index (χ3v) is 3.45. The number of aromatic nitrogens is 2. The third kappa shape index (κ3) is 3.44. The highest BCUT2D eigenvalue weighted by Gasteiger charge is 2.19. The zero-order valence-corrected chi connectivity index (χ0v) is 13.8. The van der Waals surface area contributed by atoms with Gasteiger partial charge in [-0.2, -0.15) is 0 Å². The average Bonchev–Trinajstić information content (AvgIpc) is 3.18. The number of aryl methyl sites for hydroxylation is 2. The quantitative estimate of drug-likeness (QED) is 0.493. The van der Waals surface area contributed by atoms with E-state index in [4.69, 9.17) is 18.3 Å². The highest BCUT2D eigenvalue weighted by Crippen LogP contribution is 2.32. The molecular formula is C16H15N3O6. The molecule has 3 aromatic rings. The fourth-order valence-electron chi connectivity index (χ4n) is 2.29. The number of nitrogens with zero attached hydrogens (tertiary/aromatic N) is 3. The maximum Gasteiger partial charge on any atom is 0.314 e. The summed E-state index contributed by atoms with van der Waals surface area (Å²) in [4.78, 5) is 10.6. The Morgan fingerprint density at radius 3 is 2.64 bits per heavy atom. The van der Waals surface area contributed by atoms with E-state index >= 15 is 0 Å². The number of benzene rings is 1. The number of nitro benzene ring substituents is 1. The fourth-order valence-corrected chi connectivity index (χ4v) is 2.29. The van der Waals surface area contributed by atoms with Crippen molar-refractivity contribution in [2.45, 2.75) is 20.5 Å². The number of rotatable bonds is 6. The molecular weight excluding hydrogens is 330 g/mol. The molecule has 0 aliphatic heterocycles. The Balaban J connectivity index is 1.77. The Morgan fingerprint density at radius 2 is 2.00 bits per heavy atom. The molecule has 0 saturated carbocycles. The largest absolute Gasteiger partial charge is 0.496 e. The van der Waals surface area contributed by atoms with Crippen molar-refractivity contribution >= 4 is 5.69 Å². The molecule has 25 heavy (non-hydrogen) atoms. The maximum atomic E-state index is 11.1. The van der Waals surface area contributed by atoms with Crippen LogP contribution in [0.3, 0.4) is 0 Å². The monoisotopic (exact) mass is 345 g/mol. The molecule has 0 N–H and O–H groups in total. The van der Waals surface area contributed by atoms with Crippen LogP contribution < -0.4 is 9.47 Å². The van der Waals surface area contributed by atoms with Gasteiger partial charge in [-0.3, -0.25) is 10.1 Å². The summed E-state index contributed by atoms with van der Waals surface area (Å²) >= 11 is 0. The minimum Gasteiger partial charge on any atom is -0.496 e. The van der Waals surface area contributed by atoms with E-state index in [1.165, 1.54) is 19.2 Å². The number of methoxy groups -OCH3 is 1. The number of furan rings is 1. The third-order valence-electron chi connectivity index (χ3n) is 3.45. The summed E-state index contributed by atoms with van der Waals surface area (Å²) in [7, 11) is 1.43. The molecule has 130 valence electrons. The number of nitro groups is 1. The van der Waals surface area contributed by atoms with Crippen LogP contribution in [0.4, 0.5) is 5.69 Å². The molecule has 0 saturated heterocycles. The van der Waals surface area contributed by atoms with E-state index in [0.717, 1.165) is 5.76 Å². The molecule has 0 atom stereocenters. The first-order chi connectivity index (χ1) is 12.0. The number of hydrogen-bond donors (Lipinski definition) is 0. The summed E-state index contributed by atoms with van der Waals surface area (Å²) in [6.45, 7) is 3.51. The van der Waals surface area contributed by atoms with Gasteiger partial charge in [0.1, 0.15) is 17.3 Å². The van der Waals surface area contributed by atoms with Crippen molar-refractivity contribution in [3.8, 4) is 23.0 Å². The second-order valence-electron chi connectivity index (χ2n) is 5.21. The molecule has 0 aliphatic carbocycles. The fraction of sp³-hybridized carbons (Fsp3) is 0.250. The number of hydrogen-bond acceptors (Lipinski definition) is 8. The van der Waals surface area contributed by atoms with E-state index in [-0.39, 0.29) is 23.9 Å². The van der Waals surface area contributed by atoms with Crippen molar-refractivity contribution < 1.29 is 23.2 Å². The van der Waals surface area contributed by atoms with E-state index in [2.05, 4.69) is 10.2 Å². The van der Waals surface area contributed by atoms with Gasteiger partial charge in [0.15, 0.2) is 12.4 Å². The standard InChI is InChI=1S/C16H15N3O6/c1-9-6-12(10(2)24-9)16-18-17-15(25-16)8-23-14-5-4-11(22-3)7-13(14)19(20)21/h4-7H,8H2,1-3H3. The van der Waals surface area contributed by atoms with Crippen LogP contribution in [0, 0.1) is 24.0 Å². The lowest BCUT2D eigenvalue weighted by Gasteiger charge is -2.06. The van der Waals surface area contributed by atoms with Crippen molar-refractivity contribution in [1.29, 1.82) is 0 Å². The first kappa shape index (κ1) is 16.5. The lowest BCUT2D eigenvalue weighted by atomic mass is 10.2. The van der Waals surface area contributed by atoms with Crippen molar-refractivity contribution in [2.24, 2.45) is 0 Å². The molecule has 1 aromatic carbocycles. The van der Waals surface area contributed by atoms with Crippen molar-refractivity contribution in [3.05, 3.63) is 51.8 Å². The molecule has 9 nitrogen and oxygen atoms in total. The average molecular weight is 345 g/mol. The van der Waals surface area contributed by atoms with E-state index in [1.807, 2.05) is 6.92 Å². The first-order valence-corrected chi connectivity index (χ1v) is 7.33. The van der Waals surface area contributed by atoms with Gasteiger partial charge in [0, 0.05) is 0 Å². The summed E-state index contributed by atoms with van der Waals surface area (Å²) in [5.74, 6) is 2.35. The molecule has 2 aromatic heterocycles. The van der Waals surface area contributed by atoms with Crippen LogP contribution in [0.15, 0.2) is 33.1 Å². The maximum absolute atomic E-state index is 11.1. The van der Waals surface area contributed by atoms with Crippen LogP contribution in [0.2, 0.25) is 0 Å². The van der Waals surface area contributed by atoms with Crippen LogP contribution in [0.25, 0.3) is 11.5 Å². The summed E-state index contributed by atoms with van der Waals surface area (Å²) in [6, 6.07) is 6.10. The molecule has 0 unspecified atom stereocenters. The predicted octanol–water partition coefficient (Wildman–Crippen LogP) is 3.44. The van der Waals surface area contributed by atoms with Crippen LogP contribution in [0.5, 0.6) is 11.5 Å². The summed E-state index contributed by atoms with van der Waals surface area (Å²) in [6.07, 6.45) is 0. The van der Waals surface area contributed by atoms with Crippen molar-refractivity contribution in [2.75, 3.05) is 7.11 Å². The van der Waals surface area contributed by atoms with E-state index < -0.39 is 4.92 Å². The molecule has 0 radical (unpaired) electrons. The highest BCUT2D eigenvalue weighted by molar-refractivity contribution is 5.55. The van der Waals surface area contributed by atoms with Crippen LogP contribution >= 0.6 is 0 Å². The summed E-state index contributed by atoms with van der Waals surface area (Å²) < 4.78 is 21.4. The normalized spacial score (nSPS) is 10.7. The van der Waals surface area contributed by atoms with Crippen LogP contribution in [-0.2, 0) is 6.61 Å². The smallest absolute Gasteiger partial charge is 0.314 e. The molecule has 0 aliphatic rings. The van der Waals surface area contributed by atoms with E-state index in [9.17, 15) is 10.1 Å². The second kappa shape index (κ2) is 6.63. The minimum absolute atomic E-state index is 0.0842. The van der Waals surface area contributed by atoms with Gasteiger partial charge < -0.3 is 18.3 Å².